The normalized spacial score (nSPS) is 11.9. The third-order valence-electron chi connectivity index (χ3n) is 1.61. The van der Waals surface area contributed by atoms with Gasteiger partial charge in [0.2, 0.25) is 0 Å². The Morgan fingerprint density at radius 3 is 2.69 bits per heavy atom. The van der Waals surface area contributed by atoms with E-state index < -0.39 is 0 Å². The van der Waals surface area contributed by atoms with Crippen LogP contribution in [0.3, 0.4) is 0 Å². The maximum Gasteiger partial charge on any atom is 0.0700 e. The number of methoxy groups -OCH3 is 1. The first kappa shape index (κ1) is 12.4. The monoisotopic (exact) mass is 185 g/mol. The van der Waals surface area contributed by atoms with Crippen molar-refractivity contribution in [1.29, 1.82) is 0 Å². The third-order valence-corrected chi connectivity index (χ3v) is 1.61. The molecule has 76 valence electrons. The van der Waals surface area contributed by atoms with E-state index in [0.29, 0.717) is 19.8 Å². The van der Waals surface area contributed by atoms with Crippen LogP contribution in [0.1, 0.15) is 19.8 Å². The minimum Gasteiger partial charge on any atom is -0.382 e. The fourth-order valence-electron chi connectivity index (χ4n) is 0.814. The standard InChI is InChI=1S/C10H19NO2/c1-3-4-5-10(11)6-7-13-9-8-12-2/h10H,5-9,11H2,1-2H3. The van der Waals surface area contributed by atoms with Crippen LogP contribution in [0, 0.1) is 11.8 Å². The first-order valence-corrected chi connectivity index (χ1v) is 4.53. The summed E-state index contributed by atoms with van der Waals surface area (Å²) in [5, 5.41) is 0. The number of ether oxygens (including phenoxy) is 2. The molecule has 0 rings (SSSR count). The van der Waals surface area contributed by atoms with Crippen molar-refractivity contribution in [1.82, 2.24) is 0 Å². The van der Waals surface area contributed by atoms with Gasteiger partial charge in [-0.15, -0.1) is 11.8 Å². The molecular formula is C10H19NO2. The second-order valence-corrected chi connectivity index (χ2v) is 2.78. The highest BCUT2D eigenvalue weighted by molar-refractivity contribution is 4.97. The van der Waals surface area contributed by atoms with E-state index in [-0.39, 0.29) is 6.04 Å². The molecule has 2 N–H and O–H groups in total. The largest absolute Gasteiger partial charge is 0.382 e. The molecule has 0 aromatic rings. The first-order valence-electron chi connectivity index (χ1n) is 4.53. The lowest BCUT2D eigenvalue weighted by atomic mass is 10.2. The van der Waals surface area contributed by atoms with E-state index in [9.17, 15) is 0 Å². The third kappa shape index (κ3) is 9.35. The second-order valence-electron chi connectivity index (χ2n) is 2.78. The van der Waals surface area contributed by atoms with Gasteiger partial charge in [-0.1, -0.05) is 0 Å². The minimum absolute atomic E-state index is 0.134. The van der Waals surface area contributed by atoms with Crippen molar-refractivity contribution in [3.8, 4) is 11.8 Å². The lowest BCUT2D eigenvalue weighted by molar-refractivity contribution is 0.0674. The van der Waals surface area contributed by atoms with Crippen molar-refractivity contribution < 1.29 is 9.47 Å². The SMILES string of the molecule is CC#CCC(N)CCOCCOC. The molecule has 0 aromatic carbocycles. The van der Waals surface area contributed by atoms with Crippen LogP contribution in [0.5, 0.6) is 0 Å². The lowest BCUT2D eigenvalue weighted by Crippen LogP contribution is -2.21. The van der Waals surface area contributed by atoms with Crippen LogP contribution < -0.4 is 5.73 Å². The zero-order valence-electron chi connectivity index (χ0n) is 8.51. The average Bonchev–Trinajstić information content (AvgIpc) is 2.14. The van der Waals surface area contributed by atoms with Gasteiger partial charge in [-0.05, 0) is 13.3 Å². The molecule has 0 spiro atoms. The molecule has 3 nitrogen and oxygen atoms in total. The molecule has 0 heterocycles. The predicted molar refractivity (Wildman–Crippen MR) is 53.4 cm³/mol. The molecule has 0 bridgehead atoms. The Kier molecular flexibility index (Phi) is 9.12. The number of nitrogens with two attached hydrogens (primary N) is 1. The fourth-order valence-corrected chi connectivity index (χ4v) is 0.814. The summed E-state index contributed by atoms with van der Waals surface area (Å²) in [7, 11) is 1.66. The van der Waals surface area contributed by atoms with Gasteiger partial charge in [0.25, 0.3) is 0 Å². The number of hydrogen-bond donors (Lipinski definition) is 1. The van der Waals surface area contributed by atoms with Crippen LogP contribution in [-0.2, 0) is 9.47 Å². The van der Waals surface area contributed by atoms with Crippen molar-refractivity contribution in [2.75, 3.05) is 26.9 Å². The maximum atomic E-state index is 5.76. The van der Waals surface area contributed by atoms with E-state index in [1.165, 1.54) is 0 Å². The molecular weight excluding hydrogens is 166 g/mol. The van der Waals surface area contributed by atoms with Crippen LogP contribution in [0.15, 0.2) is 0 Å². The van der Waals surface area contributed by atoms with Gasteiger partial charge >= 0.3 is 0 Å². The van der Waals surface area contributed by atoms with E-state index in [4.69, 9.17) is 15.2 Å². The van der Waals surface area contributed by atoms with E-state index in [1.54, 1.807) is 7.11 Å². The van der Waals surface area contributed by atoms with Crippen molar-refractivity contribution in [3.05, 3.63) is 0 Å². The van der Waals surface area contributed by atoms with Crippen LogP contribution >= 0.6 is 0 Å². The zero-order chi connectivity index (χ0) is 9.94. The average molecular weight is 185 g/mol. The van der Waals surface area contributed by atoms with Crippen molar-refractivity contribution in [2.24, 2.45) is 5.73 Å². The highest BCUT2D eigenvalue weighted by Gasteiger charge is 1.99. The minimum atomic E-state index is 0.134. The van der Waals surface area contributed by atoms with Gasteiger partial charge < -0.3 is 15.2 Å². The summed E-state index contributed by atoms with van der Waals surface area (Å²) in [6, 6.07) is 0.134. The molecule has 1 unspecified atom stereocenters. The second kappa shape index (κ2) is 9.53. The van der Waals surface area contributed by atoms with Crippen LogP contribution in [-0.4, -0.2) is 33.0 Å². The van der Waals surface area contributed by atoms with Gasteiger partial charge in [0.05, 0.1) is 13.2 Å². The summed E-state index contributed by atoms with van der Waals surface area (Å²) >= 11 is 0. The Morgan fingerprint density at radius 1 is 1.31 bits per heavy atom. The maximum absolute atomic E-state index is 5.76. The van der Waals surface area contributed by atoms with Crippen LogP contribution in [0.4, 0.5) is 0 Å². The van der Waals surface area contributed by atoms with E-state index >= 15 is 0 Å². The molecule has 3 heteroatoms. The van der Waals surface area contributed by atoms with Crippen LogP contribution in [0.25, 0.3) is 0 Å². The molecule has 13 heavy (non-hydrogen) atoms. The topological polar surface area (TPSA) is 44.5 Å². The van der Waals surface area contributed by atoms with E-state index in [0.717, 1.165) is 12.8 Å². The molecule has 0 radical (unpaired) electrons. The highest BCUT2D eigenvalue weighted by Crippen LogP contribution is 1.93. The smallest absolute Gasteiger partial charge is 0.0700 e. The molecule has 0 aliphatic carbocycles. The molecule has 0 aromatic heterocycles. The summed E-state index contributed by atoms with van der Waals surface area (Å²) in [4.78, 5) is 0. The quantitative estimate of drug-likeness (QED) is 0.471. The Hall–Kier alpha value is -0.560. The van der Waals surface area contributed by atoms with Gasteiger partial charge in [-0.25, -0.2) is 0 Å². The van der Waals surface area contributed by atoms with Crippen molar-refractivity contribution in [3.63, 3.8) is 0 Å². The van der Waals surface area contributed by atoms with Crippen molar-refractivity contribution in [2.45, 2.75) is 25.8 Å². The summed E-state index contributed by atoms with van der Waals surface area (Å²) in [6.45, 7) is 3.80. The summed E-state index contributed by atoms with van der Waals surface area (Å²) in [6.07, 6.45) is 1.61. The van der Waals surface area contributed by atoms with E-state index in [1.807, 2.05) is 6.92 Å². The highest BCUT2D eigenvalue weighted by atomic mass is 16.5. The molecule has 1 atom stereocenters. The Balaban J connectivity index is 3.15. The molecule has 0 aliphatic heterocycles. The molecule has 0 saturated heterocycles. The van der Waals surface area contributed by atoms with Gasteiger partial charge in [-0.2, -0.15) is 0 Å². The zero-order valence-corrected chi connectivity index (χ0v) is 8.51. The Bertz CT molecular complexity index is 160. The summed E-state index contributed by atoms with van der Waals surface area (Å²) in [5.74, 6) is 5.76. The van der Waals surface area contributed by atoms with Crippen LogP contribution in [0.2, 0.25) is 0 Å². The molecule has 0 saturated carbocycles. The Morgan fingerprint density at radius 2 is 2.08 bits per heavy atom. The first-order chi connectivity index (χ1) is 6.31. The van der Waals surface area contributed by atoms with E-state index in [2.05, 4.69) is 11.8 Å². The van der Waals surface area contributed by atoms with Gasteiger partial charge in [0.1, 0.15) is 0 Å². The van der Waals surface area contributed by atoms with Crippen molar-refractivity contribution >= 4 is 0 Å². The van der Waals surface area contributed by atoms with Gasteiger partial charge in [-0.3, -0.25) is 0 Å². The number of rotatable bonds is 7. The molecule has 0 aliphatic rings. The lowest BCUT2D eigenvalue weighted by Gasteiger charge is -2.07. The summed E-state index contributed by atoms with van der Waals surface area (Å²) in [5.41, 5.74) is 5.76. The number of hydrogen-bond acceptors (Lipinski definition) is 3. The van der Waals surface area contributed by atoms with Gasteiger partial charge in [0.15, 0.2) is 0 Å². The molecule has 0 amide bonds. The fraction of sp³-hybridized carbons (Fsp3) is 0.800. The Labute approximate surface area is 80.6 Å². The predicted octanol–water partition coefficient (Wildman–Crippen LogP) is 0.780. The summed E-state index contributed by atoms with van der Waals surface area (Å²) < 4.78 is 10.1. The molecule has 0 fully saturated rings. The van der Waals surface area contributed by atoms with Gasteiger partial charge in [0, 0.05) is 26.2 Å².